The molecule has 0 unspecified atom stereocenters. The summed E-state index contributed by atoms with van der Waals surface area (Å²) in [5, 5.41) is 6.99. The Morgan fingerprint density at radius 3 is 2.19 bits per heavy atom. The third-order valence-corrected chi connectivity index (χ3v) is 3.59. The number of benzene rings is 2. The van der Waals surface area contributed by atoms with E-state index in [1.165, 1.54) is 27.5 Å². The Balaban J connectivity index is 1.94. The lowest BCUT2D eigenvalue weighted by Crippen LogP contribution is -2.25. The Hall–Kier alpha value is -3.22. The number of nitrogens with one attached hydrogen (secondary N) is 2. The van der Waals surface area contributed by atoms with Gasteiger partial charge in [0, 0.05) is 11.3 Å². The molecule has 7 nitrogen and oxygen atoms in total. The molecule has 1 amide bonds. The van der Waals surface area contributed by atoms with Crippen LogP contribution in [-0.2, 0) is 4.79 Å². The third-order valence-electron chi connectivity index (χ3n) is 3.59. The maximum Gasteiger partial charge on any atom is 0.259 e. The summed E-state index contributed by atoms with van der Waals surface area (Å²) in [7, 11) is 4.61. The van der Waals surface area contributed by atoms with Gasteiger partial charge in [-0.2, -0.15) is 5.10 Å². The van der Waals surface area contributed by atoms with Crippen molar-refractivity contribution in [3.05, 3.63) is 47.5 Å². The molecule has 2 aromatic rings. The fourth-order valence-corrected chi connectivity index (χ4v) is 2.25. The van der Waals surface area contributed by atoms with E-state index in [-0.39, 0.29) is 12.5 Å². The van der Waals surface area contributed by atoms with E-state index in [2.05, 4.69) is 15.8 Å². The molecular weight excluding hydrogens is 334 g/mol. The number of ether oxygens (including phenoxy) is 3. The van der Waals surface area contributed by atoms with E-state index >= 15 is 0 Å². The SMILES string of the molecule is COc1cc(/C=N\NC(=O)CNc2ccc(C)cc2)cc(OC)c1OC. The molecule has 0 fully saturated rings. The van der Waals surface area contributed by atoms with Crippen molar-refractivity contribution in [3.63, 3.8) is 0 Å². The quantitative estimate of drug-likeness (QED) is 0.561. The van der Waals surface area contributed by atoms with Crippen LogP contribution in [0.1, 0.15) is 11.1 Å². The minimum absolute atomic E-state index is 0.121. The summed E-state index contributed by atoms with van der Waals surface area (Å²) in [6.45, 7) is 2.13. The smallest absolute Gasteiger partial charge is 0.259 e. The van der Waals surface area contributed by atoms with Gasteiger partial charge >= 0.3 is 0 Å². The van der Waals surface area contributed by atoms with E-state index < -0.39 is 0 Å². The molecule has 0 bridgehead atoms. The van der Waals surface area contributed by atoms with Gasteiger partial charge in [-0.25, -0.2) is 5.43 Å². The molecule has 0 heterocycles. The van der Waals surface area contributed by atoms with Gasteiger partial charge < -0.3 is 19.5 Å². The molecule has 7 heteroatoms. The number of rotatable bonds is 8. The summed E-state index contributed by atoms with van der Waals surface area (Å²) in [6, 6.07) is 11.3. The van der Waals surface area contributed by atoms with Crippen molar-refractivity contribution in [3.8, 4) is 17.2 Å². The van der Waals surface area contributed by atoms with E-state index in [0.29, 0.717) is 22.8 Å². The Kier molecular flexibility index (Phi) is 6.84. The molecule has 138 valence electrons. The van der Waals surface area contributed by atoms with Gasteiger partial charge in [-0.05, 0) is 31.2 Å². The van der Waals surface area contributed by atoms with Crippen LogP contribution in [0.5, 0.6) is 17.2 Å². The number of carbonyl (C=O) groups excluding carboxylic acids is 1. The Bertz CT molecular complexity index is 748. The first-order valence-corrected chi connectivity index (χ1v) is 7.99. The number of amides is 1. The summed E-state index contributed by atoms with van der Waals surface area (Å²) in [5.74, 6) is 1.27. The molecule has 0 saturated carbocycles. The highest BCUT2D eigenvalue weighted by Gasteiger charge is 2.12. The van der Waals surface area contributed by atoms with Gasteiger partial charge in [0.2, 0.25) is 5.75 Å². The second-order valence-corrected chi connectivity index (χ2v) is 5.47. The van der Waals surface area contributed by atoms with Crippen molar-refractivity contribution in [2.45, 2.75) is 6.92 Å². The van der Waals surface area contributed by atoms with Gasteiger partial charge in [0.1, 0.15) is 0 Å². The number of hydrogen-bond donors (Lipinski definition) is 2. The maximum absolute atomic E-state index is 11.9. The zero-order valence-corrected chi connectivity index (χ0v) is 15.3. The van der Waals surface area contributed by atoms with E-state index in [4.69, 9.17) is 14.2 Å². The highest BCUT2D eigenvalue weighted by Crippen LogP contribution is 2.37. The fraction of sp³-hybridized carbons (Fsp3) is 0.263. The molecule has 2 rings (SSSR count). The monoisotopic (exact) mass is 357 g/mol. The standard InChI is InChI=1S/C19H23N3O4/c1-13-5-7-15(8-6-13)20-12-18(23)22-21-11-14-9-16(24-2)19(26-4)17(10-14)25-3/h5-11,20H,12H2,1-4H3,(H,22,23)/b21-11-. The van der Waals surface area contributed by atoms with Crippen molar-refractivity contribution in [2.75, 3.05) is 33.2 Å². The average molecular weight is 357 g/mol. The number of aryl methyl sites for hydroxylation is 1. The van der Waals surface area contributed by atoms with Crippen molar-refractivity contribution < 1.29 is 19.0 Å². The lowest BCUT2D eigenvalue weighted by Gasteiger charge is -2.12. The minimum Gasteiger partial charge on any atom is -0.493 e. The second kappa shape index (κ2) is 9.31. The van der Waals surface area contributed by atoms with Crippen LogP contribution < -0.4 is 25.0 Å². The van der Waals surface area contributed by atoms with Crippen LogP contribution >= 0.6 is 0 Å². The van der Waals surface area contributed by atoms with Gasteiger partial charge in [-0.15, -0.1) is 0 Å². The lowest BCUT2D eigenvalue weighted by atomic mass is 10.2. The molecule has 0 aliphatic heterocycles. The Morgan fingerprint density at radius 2 is 1.65 bits per heavy atom. The van der Waals surface area contributed by atoms with Crippen molar-refractivity contribution >= 4 is 17.8 Å². The largest absolute Gasteiger partial charge is 0.493 e. The molecule has 0 atom stereocenters. The summed E-state index contributed by atoms with van der Waals surface area (Å²) in [4.78, 5) is 11.9. The van der Waals surface area contributed by atoms with E-state index in [0.717, 1.165) is 11.3 Å². The molecule has 0 aliphatic carbocycles. The highest BCUT2D eigenvalue weighted by molar-refractivity contribution is 5.85. The Morgan fingerprint density at radius 1 is 1.04 bits per heavy atom. The highest BCUT2D eigenvalue weighted by atomic mass is 16.5. The van der Waals surface area contributed by atoms with Gasteiger partial charge in [0.15, 0.2) is 11.5 Å². The summed E-state index contributed by atoms with van der Waals surface area (Å²) in [5.41, 5.74) is 5.21. The number of nitrogens with zero attached hydrogens (tertiary/aromatic N) is 1. The van der Waals surface area contributed by atoms with Crippen LogP contribution in [0, 0.1) is 6.92 Å². The van der Waals surface area contributed by atoms with Crippen LogP contribution in [0.15, 0.2) is 41.5 Å². The zero-order chi connectivity index (χ0) is 18.9. The lowest BCUT2D eigenvalue weighted by molar-refractivity contribution is -0.119. The maximum atomic E-state index is 11.9. The molecular formula is C19H23N3O4. The van der Waals surface area contributed by atoms with Gasteiger partial charge in [-0.1, -0.05) is 17.7 Å². The van der Waals surface area contributed by atoms with Crippen molar-refractivity contribution in [1.82, 2.24) is 5.43 Å². The van der Waals surface area contributed by atoms with Crippen LogP contribution in [-0.4, -0.2) is 40.0 Å². The first kappa shape index (κ1) is 19.1. The molecule has 0 spiro atoms. The van der Waals surface area contributed by atoms with Gasteiger partial charge in [-0.3, -0.25) is 4.79 Å². The normalized spacial score (nSPS) is 10.5. The number of hydrogen-bond acceptors (Lipinski definition) is 6. The molecule has 26 heavy (non-hydrogen) atoms. The molecule has 0 aliphatic rings. The molecule has 2 N–H and O–H groups in total. The van der Waals surface area contributed by atoms with Crippen LogP contribution in [0.3, 0.4) is 0 Å². The average Bonchev–Trinajstić information content (AvgIpc) is 2.66. The summed E-state index contributed by atoms with van der Waals surface area (Å²) < 4.78 is 15.8. The third kappa shape index (κ3) is 5.14. The van der Waals surface area contributed by atoms with Crippen molar-refractivity contribution in [2.24, 2.45) is 5.10 Å². The van der Waals surface area contributed by atoms with Crippen LogP contribution in [0.4, 0.5) is 5.69 Å². The number of hydrazone groups is 1. The Labute approximate surface area is 153 Å². The minimum atomic E-state index is -0.255. The van der Waals surface area contributed by atoms with E-state index in [9.17, 15) is 4.79 Å². The van der Waals surface area contributed by atoms with Crippen LogP contribution in [0.25, 0.3) is 0 Å². The molecule has 2 aromatic carbocycles. The second-order valence-electron chi connectivity index (χ2n) is 5.47. The number of methoxy groups -OCH3 is 3. The molecule has 0 radical (unpaired) electrons. The predicted octanol–water partition coefficient (Wildman–Crippen LogP) is 2.58. The molecule has 0 saturated heterocycles. The van der Waals surface area contributed by atoms with E-state index in [1.54, 1.807) is 12.1 Å². The summed E-state index contributed by atoms with van der Waals surface area (Å²) in [6.07, 6.45) is 1.51. The van der Waals surface area contributed by atoms with Gasteiger partial charge in [0.25, 0.3) is 5.91 Å². The number of carbonyl (C=O) groups is 1. The van der Waals surface area contributed by atoms with Crippen LogP contribution in [0.2, 0.25) is 0 Å². The van der Waals surface area contributed by atoms with E-state index in [1.807, 2.05) is 31.2 Å². The summed E-state index contributed by atoms with van der Waals surface area (Å²) >= 11 is 0. The first-order valence-electron chi connectivity index (χ1n) is 7.99. The number of anilines is 1. The topological polar surface area (TPSA) is 81.2 Å². The fourth-order valence-electron chi connectivity index (χ4n) is 2.25. The first-order chi connectivity index (χ1) is 12.6. The predicted molar refractivity (Wildman–Crippen MR) is 102 cm³/mol. The van der Waals surface area contributed by atoms with Crippen molar-refractivity contribution in [1.29, 1.82) is 0 Å². The molecule has 0 aromatic heterocycles. The van der Waals surface area contributed by atoms with Gasteiger partial charge in [0.05, 0.1) is 34.1 Å². The zero-order valence-electron chi connectivity index (χ0n) is 15.3.